The van der Waals surface area contributed by atoms with Crippen LogP contribution in [0.5, 0.6) is 0 Å². The lowest BCUT2D eigenvalue weighted by molar-refractivity contribution is -0.122. The molecule has 0 spiro atoms. The predicted molar refractivity (Wildman–Crippen MR) is 65.1 cm³/mol. The molecule has 0 radical (unpaired) electrons. The number of hydrogen-bond donors (Lipinski definition) is 2. The van der Waals surface area contributed by atoms with Gasteiger partial charge < -0.3 is 10.6 Å². The topological polar surface area (TPSA) is 58.2 Å². The van der Waals surface area contributed by atoms with Crippen LogP contribution in [0.1, 0.15) is 17.3 Å². The Morgan fingerprint density at radius 3 is 2.65 bits per heavy atom. The van der Waals surface area contributed by atoms with E-state index < -0.39 is 17.8 Å². The van der Waals surface area contributed by atoms with Crippen molar-refractivity contribution < 1.29 is 14.0 Å². The minimum Gasteiger partial charge on any atom is -0.357 e. The largest absolute Gasteiger partial charge is 0.357 e. The molecule has 1 unspecified atom stereocenters. The average Bonchev–Trinajstić information content (AvgIpc) is 2.30. The Labute approximate surface area is 107 Å². The second-order valence-corrected chi connectivity index (χ2v) is 4.29. The highest BCUT2D eigenvalue weighted by molar-refractivity contribution is 9.10. The molecule has 6 heteroatoms. The Bertz CT molecular complexity index is 451. The molecule has 0 saturated carbocycles. The highest BCUT2D eigenvalue weighted by Crippen LogP contribution is 2.17. The maximum absolute atomic E-state index is 13.0. The maximum atomic E-state index is 13.0. The summed E-state index contributed by atoms with van der Waals surface area (Å²) in [6.45, 7) is 1.55. The Hall–Kier alpha value is -1.43. The summed E-state index contributed by atoms with van der Waals surface area (Å²) in [6, 6.07) is 3.11. The van der Waals surface area contributed by atoms with Gasteiger partial charge in [-0.05, 0) is 41.1 Å². The van der Waals surface area contributed by atoms with Gasteiger partial charge in [-0.15, -0.1) is 0 Å². The summed E-state index contributed by atoms with van der Waals surface area (Å²) in [4.78, 5) is 23.0. The molecule has 0 heterocycles. The van der Waals surface area contributed by atoms with Crippen LogP contribution in [-0.4, -0.2) is 24.9 Å². The average molecular weight is 303 g/mol. The lowest BCUT2D eigenvalue weighted by Crippen LogP contribution is -2.43. The van der Waals surface area contributed by atoms with Crippen LogP contribution in [0.25, 0.3) is 0 Å². The number of carbonyl (C=O) groups is 2. The van der Waals surface area contributed by atoms with E-state index in [1.165, 1.54) is 19.2 Å². The van der Waals surface area contributed by atoms with E-state index in [1.807, 2.05) is 0 Å². The summed E-state index contributed by atoms with van der Waals surface area (Å²) in [5.74, 6) is -1.33. The molecule has 1 aromatic rings. The number of likely N-dealkylation sites (N-methyl/N-ethyl adjacent to an activating group) is 1. The lowest BCUT2D eigenvalue weighted by atomic mass is 10.2. The van der Waals surface area contributed by atoms with Gasteiger partial charge >= 0.3 is 0 Å². The molecule has 0 aliphatic carbocycles. The quantitative estimate of drug-likeness (QED) is 0.888. The number of amides is 2. The van der Waals surface area contributed by atoms with E-state index in [4.69, 9.17) is 0 Å². The van der Waals surface area contributed by atoms with Crippen molar-refractivity contribution in [2.45, 2.75) is 13.0 Å². The number of benzene rings is 1. The summed E-state index contributed by atoms with van der Waals surface area (Å²) < 4.78 is 13.5. The molecule has 0 aliphatic heterocycles. The molecule has 1 rings (SSSR count). The van der Waals surface area contributed by atoms with Crippen molar-refractivity contribution >= 4 is 27.7 Å². The molecular formula is C11H12BrFN2O2. The highest BCUT2D eigenvalue weighted by atomic mass is 79.9. The Balaban J connectivity index is 2.83. The van der Waals surface area contributed by atoms with E-state index in [9.17, 15) is 14.0 Å². The third-order valence-corrected chi connectivity index (χ3v) is 2.85. The normalized spacial score (nSPS) is 11.8. The SMILES string of the molecule is CNC(=O)C(C)NC(=O)c1cc(F)ccc1Br. The van der Waals surface area contributed by atoms with Crippen molar-refractivity contribution in [3.63, 3.8) is 0 Å². The van der Waals surface area contributed by atoms with Gasteiger partial charge in [0.1, 0.15) is 11.9 Å². The van der Waals surface area contributed by atoms with Gasteiger partial charge in [-0.25, -0.2) is 4.39 Å². The van der Waals surface area contributed by atoms with E-state index in [2.05, 4.69) is 26.6 Å². The molecule has 2 amide bonds. The van der Waals surface area contributed by atoms with Crippen LogP contribution < -0.4 is 10.6 Å². The van der Waals surface area contributed by atoms with Gasteiger partial charge in [0.2, 0.25) is 5.91 Å². The number of rotatable bonds is 3. The summed E-state index contributed by atoms with van der Waals surface area (Å²) in [5, 5.41) is 4.88. The molecule has 92 valence electrons. The van der Waals surface area contributed by atoms with Gasteiger partial charge in [0, 0.05) is 11.5 Å². The lowest BCUT2D eigenvalue weighted by Gasteiger charge is -2.13. The van der Waals surface area contributed by atoms with Gasteiger partial charge in [-0.2, -0.15) is 0 Å². The third-order valence-electron chi connectivity index (χ3n) is 2.16. The maximum Gasteiger partial charge on any atom is 0.253 e. The second-order valence-electron chi connectivity index (χ2n) is 3.43. The standard InChI is InChI=1S/C11H12BrFN2O2/c1-6(10(16)14-2)15-11(17)8-5-7(13)3-4-9(8)12/h3-6H,1-2H3,(H,14,16)(H,15,17). The molecule has 1 atom stereocenters. The van der Waals surface area contributed by atoms with E-state index in [1.54, 1.807) is 6.92 Å². The van der Waals surface area contributed by atoms with Crippen molar-refractivity contribution in [1.82, 2.24) is 10.6 Å². The molecular weight excluding hydrogens is 291 g/mol. The fourth-order valence-electron chi connectivity index (χ4n) is 1.23. The minimum atomic E-state index is -0.678. The fraction of sp³-hybridized carbons (Fsp3) is 0.273. The first-order chi connectivity index (χ1) is 7.95. The van der Waals surface area contributed by atoms with Gasteiger partial charge in [-0.3, -0.25) is 9.59 Å². The fourth-order valence-corrected chi connectivity index (χ4v) is 1.65. The molecule has 4 nitrogen and oxygen atoms in total. The number of hydrogen-bond acceptors (Lipinski definition) is 2. The Morgan fingerprint density at radius 2 is 2.06 bits per heavy atom. The molecule has 0 saturated heterocycles. The zero-order chi connectivity index (χ0) is 13.0. The monoisotopic (exact) mass is 302 g/mol. The molecule has 17 heavy (non-hydrogen) atoms. The highest BCUT2D eigenvalue weighted by Gasteiger charge is 2.17. The van der Waals surface area contributed by atoms with Gasteiger partial charge in [0.25, 0.3) is 5.91 Å². The predicted octanol–water partition coefficient (Wildman–Crippen LogP) is 1.45. The first kappa shape index (κ1) is 13.6. The van der Waals surface area contributed by atoms with E-state index >= 15 is 0 Å². The Morgan fingerprint density at radius 1 is 1.41 bits per heavy atom. The molecule has 1 aromatic carbocycles. The number of carbonyl (C=O) groups excluding carboxylic acids is 2. The smallest absolute Gasteiger partial charge is 0.253 e. The first-order valence-electron chi connectivity index (χ1n) is 4.93. The molecule has 0 bridgehead atoms. The van der Waals surface area contributed by atoms with Crippen molar-refractivity contribution in [1.29, 1.82) is 0 Å². The molecule has 0 fully saturated rings. The summed E-state index contributed by atoms with van der Waals surface area (Å²) in [6.07, 6.45) is 0. The van der Waals surface area contributed by atoms with Crippen molar-refractivity contribution in [2.24, 2.45) is 0 Å². The summed E-state index contributed by atoms with van der Waals surface area (Å²) in [7, 11) is 1.48. The second kappa shape index (κ2) is 5.77. The van der Waals surface area contributed by atoms with Crippen LogP contribution in [0, 0.1) is 5.82 Å². The Kier molecular flexibility index (Phi) is 4.62. The van der Waals surface area contributed by atoms with Crippen LogP contribution in [0.4, 0.5) is 4.39 Å². The zero-order valence-electron chi connectivity index (χ0n) is 9.38. The van der Waals surface area contributed by atoms with E-state index in [-0.39, 0.29) is 11.5 Å². The van der Waals surface area contributed by atoms with E-state index in [0.29, 0.717) is 4.47 Å². The van der Waals surface area contributed by atoms with Gasteiger partial charge in [-0.1, -0.05) is 0 Å². The van der Waals surface area contributed by atoms with Crippen LogP contribution >= 0.6 is 15.9 Å². The summed E-state index contributed by atoms with van der Waals surface area (Å²) in [5.41, 5.74) is 0.153. The number of halogens is 2. The van der Waals surface area contributed by atoms with Crippen molar-refractivity contribution in [3.8, 4) is 0 Å². The van der Waals surface area contributed by atoms with Crippen molar-refractivity contribution in [3.05, 3.63) is 34.1 Å². The van der Waals surface area contributed by atoms with Crippen LogP contribution in [-0.2, 0) is 4.79 Å². The van der Waals surface area contributed by atoms with Gasteiger partial charge in [0.15, 0.2) is 0 Å². The van der Waals surface area contributed by atoms with E-state index in [0.717, 1.165) is 6.07 Å². The third kappa shape index (κ3) is 3.52. The minimum absolute atomic E-state index is 0.153. The van der Waals surface area contributed by atoms with Crippen molar-refractivity contribution in [2.75, 3.05) is 7.05 Å². The van der Waals surface area contributed by atoms with Crippen LogP contribution in [0.15, 0.2) is 22.7 Å². The van der Waals surface area contributed by atoms with Crippen LogP contribution in [0.3, 0.4) is 0 Å². The van der Waals surface area contributed by atoms with Gasteiger partial charge in [0.05, 0.1) is 5.56 Å². The molecule has 2 N–H and O–H groups in total. The molecule has 0 aromatic heterocycles. The zero-order valence-corrected chi connectivity index (χ0v) is 11.0. The summed E-state index contributed by atoms with van der Waals surface area (Å²) >= 11 is 3.15. The molecule has 0 aliphatic rings. The van der Waals surface area contributed by atoms with Crippen LogP contribution in [0.2, 0.25) is 0 Å². The number of nitrogens with one attached hydrogen (secondary N) is 2. The first-order valence-corrected chi connectivity index (χ1v) is 5.72.